The molecule has 16 atom stereocenters. The lowest BCUT2D eigenvalue weighted by Gasteiger charge is -2.50. The molecule has 16 nitrogen and oxygen atoms in total. The van der Waals surface area contributed by atoms with E-state index in [1.54, 1.807) is 46.7 Å². The Balaban J connectivity index is 1.66. The summed E-state index contributed by atoms with van der Waals surface area (Å²) in [6.07, 6.45) is -6.21. The third-order valence-corrected chi connectivity index (χ3v) is 12.1. The van der Waals surface area contributed by atoms with Gasteiger partial charge in [0.2, 0.25) is 0 Å². The SMILES string of the molecule is CO[C@@H]1C(O[C@@H]2O[C@H](C)[C@@H](O[C@H]3C[C@@](C)(O)[C@@H](OC(=O)CC(C)C)[C@H](C)O3)[C@H](N(C)C)[C@H]2O)[C@@H](CCO)C[C@@H](C)[C@@H](OCc2ccccc2)/C=C/C[C@@H](C)OC(=O)C[C@H]1OC(C)=O. The van der Waals surface area contributed by atoms with Crippen molar-refractivity contribution in [2.75, 3.05) is 27.8 Å². The highest BCUT2D eigenvalue weighted by atomic mass is 16.7. The molecule has 1 unspecified atom stereocenters. The summed E-state index contributed by atoms with van der Waals surface area (Å²) >= 11 is 0. The molecule has 0 bridgehead atoms. The number of rotatable bonds is 15. The lowest BCUT2D eigenvalue weighted by atomic mass is 9.82. The largest absolute Gasteiger partial charge is 0.462 e. The summed E-state index contributed by atoms with van der Waals surface area (Å²) in [5.41, 5.74) is -0.496. The van der Waals surface area contributed by atoms with Crippen molar-refractivity contribution in [3.8, 4) is 0 Å². The van der Waals surface area contributed by atoms with Crippen LogP contribution in [-0.4, -0.2) is 151 Å². The number of aliphatic hydroxyl groups is 3. The first-order valence-corrected chi connectivity index (χ1v) is 22.4. The predicted molar refractivity (Wildman–Crippen MR) is 231 cm³/mol. The number of hydrogen-bond donors (Lipinski definition) is 3. The van der Waals surface area contributed by atoms with E-state index in [1.165, 1.54) is 14.0 Å². The van der Waals surface area contributed by atoms with Crippen LogP contribution in [-0.2, 0) is 63.6 Å². The Morgan fingerprint density at radius 2 is 1.68 bits per heavy atom. The Kier molecular flexibility index (Phi) is 20.4. The molecule has 1 aromatic carbocycles. The van der Waals surface area contributed by atoms with Crippen molar-refractivity contribution >= 4 is 17.9 Å². The molecule has 3 aliphatic rings. The summed E-state index contributed by atoms with van der Waals surface area (Å²) in [5, 5.41) is 34.3. The molecule has 2 fully saturated rings. The number of aliphatic hydroxyl groups excluding tert-OH is 2. The van der Waals surface area contributed by atoms with Crippen LogP contribution >= 0.6 is 0 Å². The van der Waals surface area contributed by atoms with Crippen LogP contribution in [0.4, 0.5) is 0 Å². The van der Waals surface area contributed by atoms with Crippen molar-refractivity contribution in [1.82, 2.24) is 4.90 Å². The van der Waals surface area contributed by atoms with Crippen LogP contribution in [0.5, 0.6) is 0 Å². The maximum atomic E-state index is 13.4. The minimum Gasteiger partial charge on any atom is -0.462 e. The molecule has 3 N–H and O–H groups in total. The van der Waals surface area contributed by atoms with E-state index < -0.39 is 109 Å². The summed E-state index contributed by atoms with van der Waals surface area (Å²) in [7, 11) is 4.99. The second kappa shape index (κ2) is 24.5. The molecule has 0 spiro atoms. The fourth-order valence-electron chi connectivity index (χ4n) is 9.03. The number of likely N-dealkylation sites (N-methyl/N-ethyl adjacent to an activating group) is 1. The van der Waals surface area contributed by atoms with Crippen molar-refractivity contribution in [3.05, 3.63) is 48.0 Å². The van der Waals surface area contributed by atoms with Gasteiger partial charge in [-0.1, -0.05) is 63.3 Å². The van der Waals surface area contributed by atoms with Gasteiger partial charge in [-0.2, -0.15) is 0 Å². The summed E-state index contributed by atoms with van der Waals surface area (Å²) in [5.74, 6) is -2.29. The van der Waals surface area contributed by atoms with Gasteiger partial charge in [-0.05, 0) is 77.9 Å². The van der Waals surface area contributed by atoms with Crippen LogP contribution in [0, 0.1) is 17.8 Å². The number of benzene rings is 1. The number of carbonyl (C=O) groups excluding carboxylic acids is 3. The first-order valence-electron chi connectivity index (χ1n) is 22.4. The van der Waals surface area contributed by atoms with E-state index >= 15 is 0 Å². The van der Waals surface area contributed by atoms with E-state index in [0.717, 1.165) is 5.56 Å². The van der Waals surface area contributed by atoms with Crippen molar-refractivity contribution in [3.63, 3.8) is 0 Å². The van der Waals surface area contributed by atoms with Gasteiger partial charge in [0.15, 0.2) is 18.7 Å². The first kappa shape index (κ1) is 52.6. The first-order chi connectivity index (χ1) is 29.7. The molecule has 2 saturated heterocycles. The topological polar surface area (TPSA) is 198 Å². The van der Waals surface area contributed by atoms with E-state index in [-0.39, 0.29) is 44.1 Å². The van der Waals surface area contributed by atoms with Crippen LogP contribution in [0.15, 0.2) is 42.5 Å². The summed E-state index contributed by atoms with van der Waals surface area (Å²) in [4.78, 5) is 40.4. The number of carbonyl (C=O) groups is 3. The number of nitrogens with zero attached hydrogens (tertiary/aromatic N) is 1. The van der Waals surface area contributed by atoms with Gasteiger partial charge in [-0.15, -0.1) is 0 Å². The Labute approximate surface area is 373 Å². The maximum absolute atomic E-state index is 13.4. The van der Waals surface area contributed by atoms with Gasteiger partial charge in [0.1, 0.15) is 36.1 Å². The quantitative estimate of drug-likeness (QED) is 0.127. The van der Waals surface area contributed by atoms with Gasteiger partial charge in [-0.3, -0.25) is 14.4 Å². The number of esters is 3. The molecule has 0 amide bonds. The van der Waals surface area contributed by atoms with Crippen molar-refractivity contribution in [2.45, 2.75) is 186 Å². The van der Waals surface area contributed by atoms with Gasteiger partial charge >= 0.3 is 17.9 Å². The Hall–Kier alpha value is -3.03. The Morgan fingerprint density at radius 1 is 0.984 bits per heavy atom. The van der Waals surface area contributed by atoms with E-state index in [1.807, 2.05) is 63.3 Å². The van der Waals surface area contributed by atoms with Crippen molar-refractivity contribution in [1.29, 1.82) is 0 Å². The minimum atomic E-state index is -1.49. The number of cyclic esters (lactones) is 1. The molecule has 0 aliphatic carbocycles. The predicted octanol–water partition coefficient (Wildman–Crippen LogP) is 4.48. The number of methoxy groups -OCH3 is 1. The van der Waals surface area contributed by atoms with Gasteiger partial charge in [0.25, 0.3) is 0 Å². The van der Waals surface area contributed by atoms with Crippen molar-refractivity contribution in [2.24, 2.45) is 17.8 Å². The van der Waals surface area contributed by atoms with Crippen LogP contribution in [0.3, 0.4) is 0 Å². The van der Waals surface area contributed by atoms with E-state index in [2.05, 4.69) is 0 Å². The highest BCUT2D eigenvalue weighted by Gasteiger charge is 2.53. The van der Waals surface area contributed by atoms with Crippen LogP contribution < -0.4 is 0 Å². The monoisotopic (exact) mass is 894 g/mol. The van der Waals surface area contributed by atoms with E-state index in [0.29, 0.717) is 19.4 Å². The average Bonchev–Trinajstić information content (AvgIpc) is 3.18. The molecule has 0 aromatic heterocycles. The zero-order valence-electron chi connectivity index (χ0n) is 39.1. The third kappa shape index (κ3) is 15.3. The standard InChI is InChI=1S/C47H75NO15/c1-27(2)22-37(51)61-45-31(6)58-39(25-47(45,8)54)62-42-30(5)59-46(41(53)40(42)48(9)10)63-43-34(20-21-49)23-28(3)35(56-26-33-17-13-12-14-18-33)19-15-16-29(4)57-38(52)24-36(44(43)55-11)60-32(7)50/h12-15,17-19,27-31,34-36,39-46,49,53-54H,16,20-26H2,1-11H3/b19-15+/t28-,29-,30-,31+,34+,35+,36-,39+,40-,41-,42-,43?,44+,45+,46+,47-/m1/s1. The normalized spacial score (nSPS) is 37.8. The zero-order chi connectivity index (χ0) is 46.6. The lowest BCUT2D eigenvalue weighted by Crippen LogP contribution is -2.66. The van der Waals surface area contributed by atoms with Crippen LogP contribution in [0.2, 0.25) is 0 Å². The lowest BCUT2D eigenvalue weighted by molar-refractivity contribution is -0.344. The fraction of sp³-hybridized carbons (Fsp3) is 0.766. The highest BCUT2D eigenvalue weighted by molar-refractivity contribution is 5.72. The van der Waals surface area contributed by atoms with Gasteiger partial charge in [0.05, 0.1) is 43.5 Å². The molecule has 358 valence electrons. The Bertz CT molecular complexity index is 1590. The average molecular weight is 894 g/mol. The van der Waals surface area contributed by atoms with Gasteiger partial charge < -0.3 is 62.9 Å². The fourth-order valence-corrected chi connectivity index (χ4v) is 9.03. The number of ether oxygens (including phenoxy) is 9. The second-order valence-electron chi connectivity index (χ2n) is 18.5. The molecule has 0 radical (unpaired) electrons. The summed E-state index contributed by atoms with van der Waals surface area (Å²) in [6, 6.07) is 9.05. The molecule has 63 heavy (non-hydrogen) atoms. The maximum Gasteiger partial charge on any atom is 0.309 e. The highest BCUT2D eigenvalue weighted by Crippen LogP contribution is 2.38. The van der Waals surface area contributed by atoms with Gasteiger partial charge in [0, 0.05) is 39.9 Å². The summed E-state index contributed by atoms with van der Waals surface area (Å²) < 4.78 is 55.9. The number of hydrogen-bond acceptors (Lipinski definition) is 16. The zero-order valence-corrected chi connectivity index (χ0v) is 39.1. The molecule has 3 aliphatic heterocycles. The smallest absolute Gasteiger partial charge is 0.309 e. The molecule has 4 rings (SSSR count). The second-order valence-corrected chi connectivity index (χ2v) is 18.5. The molecular formula is C47H75NO15. The molecule has 16 heteroatoms. The molecule has 3 heterocycles. The van der Waals surface area contributed by atoms with E-state index in [9.17, 15) is 29.7 Å². The molecule has 1 aromatic rings. The molecular weight excluding hydrogens is 819 g/mol. The summed E-state index contributed by atoms with van der Waals surface area (Å²) in [6.45, 7) is 14.0. The minimum absolute atomic E-state index is 0.0288. The van der Waals surface area contributed by atoms with Crippen LogP contribution in [0.25, 0.3) is 0 Å². The van der Waals surface area contributed by atoms with Gasteiger partial charge in [-0.25, -0.2) is 0 Å². The Morgan fingerprint density at radius 3 is 2.29 bits per heavy atom. The van der Waals surface area contributed by atoms with Crippen LogP contribution in [0.1, 0.15) is 99.5 Å². The van der Waals surface area contributed by atoms with E-state index in [4.69, 9.17) is 42.6 Å². The third-order valence-electron chi connectivity index (χ3n) is 12.1. The van der Waals surface area contributed by atoms with Crippen molar-refractivity contribution < 1.29 is 72.3 Å². The molecule has 0 saturated carbocycles.